The summed E-state index contributed by atoms with van der Waals surface area (Å²) in [5, 5.41) is 5.98. The lowest BCUT2D eigenvalue weighted by Crippen LogP contribution is -2.25. The number of hydrogen-bond donors (Lipinski definition) is 2. The SMILES string of the molecule is O=C(NCCc1ccccc1)c1cccc(CNc2nc(Cl)nc(Cl)n2)c1. The Labute approximate surface area is 167 Å². The Morgan fingerprint density at radius 2 is 1.59 bits per heavy atom. The Morgan fingerprint density at radius 3 is 2.33 bits per heavy atom. The highest BCUT2D eigenvalue weighted by Gasteiger charge is 2.07. The van der Waals surface area contributed by atoms with Gasteiger partial charge in [0.2, 0.25) is 16.5 Å². The molecule has 2 N–H and O–H groups in total. The fourth-order valence-corrected chi connectivity index (χ4v) is 2.84. The topological polar surface area (TPSA) is 79.8 Å². The summed E-state index contributed by atoms with van der Waals surface area (Å²) in [5.74, 6) is 0.164. The van der Waals surface area contributed by atoms with Crippen molar-refractivity contribution in [1.82, 2.24) is 20.3 Å². The van der Waals surface area contributed by atoms with Gasteiger partial charge in [0.15, 0.2) is 0 Å². The standard InChI is InChI=1S/C19H17Cl2N5O/c20-17-24-18(21)26-19(25-17)23-12-14-7-4-8-15(11-14)16(27)22-10-9-13-5-2-1-3-6-13/h1-8,11H,9-10,12H2,(H,22,27)(H,23,24,25,26). The minimum atomic E-state index is -0.112. The van der Waals surface area contributed by atoms with Gasteiger partial charge in [-0.3, -0.25) is 4.79 Å². The maximum absolute atomic E-state index is 12.4. The van der Waals surface area contributed by atoms with Crippen LogP contribution in [0.15, 0.2) is 54.6 Å². The lowest BCUT2D eigenvalue weighted by atomic mass is 10.1. The highest BCUT2D eigenvalue weighted by molar-refractivity contribution is 6.31. The highest BCUT2D eigenvalue weighted by atomic mass is 35.5. The fourth-order valence-electron chi connectivity index (χ4n) is 2.48. The van der Waals surface area contributed by atoms with Gasteiger partial charge in [-0.05, 0) is 52.9 Å². The number of halogens is 2. The maximum Gasteiger partial charge on any atom is 0.251 e. The zero-order chi connectivity index (χ0) is 19.1. The van der Waals surface area contributed by atoms with Gasteiger partial charge in [-0.15, -0.1) is 0 Å². The van der Waals surface area contributed by atoms with Crippen LogP contribution in [0.1, 0.15) is 21.5 Å². The van der Waals surface area contributed by atoms with Gasteiger partial charge in [-0.1, -0.05) is 42.5 Å². The summed E-state index contributed by atoms with van der Waals surface area (Å²) >= 11 is 11.5. The van der Waals surface area contributed by atoms with Crippen molar-refractivity contribution < 1.29 is 4.79 Å². The van der Waals surface area contributed by atoms with E-state index < -0.39 is 0 Å². The van der Waals surface area contributed by atoms with Gasteiger partial charge in [0.1, 0.15) is 0 Å². The van der Waals surface area contributed by atoms with Crippen molar-refractivity contribution >= 4 is 35.1 Å². The van der Waals surface area contributed by atoms with Crippen LogP contribution in [-0.2, 0) is 13.0 Å². The van der Waals surface area contributed by atoms with Gasteiger partial charge in [0.05, 0.1) is 0 Å². The van der Waals surface area contributed by atoms with Crippen molar-refractivity contribution in [3.8, 4) is 0 Å². The first-order valence-electron chi connectivity index (χ1n) is 8.32. The monoisotopic (exact) mass is 401 g/mol. The molecule has 0 bridgehead atoms. The van der Waals surface area contributed by atoms with E-state index in [9.17, 15) is 4.79 Å². The Kier molecular flexibility index (Phi) is 6.57. The van der Waals surface area contributed by atoms with E-state index in [0.717, 1.165) is 12.0 Å². The van der Waals surface area contributed by atoms with Crippen LogP contribution in [0.25, 0.3) is 0 Å². The van der Waals surface area contributed by atoms with E-state index in [-0.39, 0.29) is 22.4 Å². The van der Waals surface area contributed by atoms with E-state index in [4.69, 9.17) is 23.2 Å². The van der Waals surface area contributed by atoms with E-state index in [1.807, 2.05) is 48.5 Å². The van der Waals surface area contributed by atoms with Crippen LogP contribution >= 0.6 is 23.2 Å². The second kappa shape index (κ2) is 9.30. The molecule has 0 saturated heterocycles. The predicted octanol–water partition coefficient (Wildman–Crippen LogP) is 3.76. The van der Waals surface area contributed by atoms with E-state index >= 15 is 0 Å². The molecule has 1 heterocycles. The molecule has 6 nitrogen and oxygen atoms in total. The molecule has 0 aliphatic heterocycles. The summed E-state index contributed by atoms with van der Waals surface area (Å²) in [6.45, 7) is 0.995. The molecule has 27 heavy (non-hydrogen) atoms. The number of rotatable bonds is 7. The molecule has 0 unspecified atom stereocenters. The summed E-state index contributed by atoms with van der Waals surface area (Å²) < 4.78 is 0. The van der Waals surface area contributed by atoms with Crippen LogP contribution in [0.5, 0.6) is 0 Å². The van der Waals surface area contributed by atoms with Crippen LogP contribution in [0.4, 0.5) is 5.95 Å². The van der Waals surface area contributed by atoms with Crippen molar-refractivity contribution in [3.05, 3.63) is 81.9 Å². The van der Waals surface area contributed by atoms with Crippen LogP contribution in [0.2, 0.25) is 10.6 Å². The van der Waals surface area contributed by atoms with Gasteiger partial charge in [0.25, 0.3) is 5.91 Å². The van der Waals surface area contributed by atoms with Crippen molar-refractivity contribution in [2.75, 3.05) is 11.9 Å². The van der Waals surface area contributed by atoms with E-state index in [2.05, 4.69) is 25.6 Å². The van der Waals surface area contributed by atoms with Gasteiger partial charge in [-0.25, -0.2) is 0 Å². The van der Waals surface area contributed by atoms with E-state index in [1.54, 1.807) is 6.07 Å². The number of benzene rings is 2. The Balaban J connectivity index is 1.55. The van der Waals surface area contributed by atoms with Crippen molar-refractivity contribution in [2.24, 2.45) is 0 Å². The third-order valence-electron chi connectivity index (χ3n) is 3.76. The molecule has 0 radical (unpaired) electrons. The molecule has 8 heteroatoms. The average molecular weight is 402 g/mol. The predicted molar refractivity (Wildman–Crippen MR) is 106 cm³/mol. The zero-order valence-electron chi connectivity index (χ0n) is 14.3. The van der Waals surface area contributed by atoms with Crippen LogP contribution in [0.3, 0.4) is 0 Å². The first-order chi connectivity index (χ1) is 13.1. The van der Waals surface area contributed by atoms with E-state index in [0.29, 0.717) is 18.7 Å². The summed E-state index contributed by atoms with van der Waals surface area (Å²) in [6, 6.07) is 17.3. The molecule has 0 fully saturated rings. The summed E-state index contributed by atoms with van der Waals surface area (Å²) in [5.41, 5.74) is 2.68. The average Bonchev–Trinajstić information content (AvgIpc) is 2.67. The molecule has 3 rings (SSSR count). The molecule has 138 valence electrons. The third kappa shape index (κ3) is 5.91. The lowest BCUT2D eigenvalue weighted by molar-refractivity contribution is 0.0954. The van der Waals surface area contributed by atoms with Crippen LogP contribution in [-0.4, -0.2) is 27.4 Å². The van der Waals surface area contributed by atoms with Gasteiger partial charge < -0.3 is 10.6 Å². The Morgan fingerprint density at radius 1 is 0.889 bits per heavy atom. The van der Waals surface area contributed by atoms with Crippen molar-refractivity contribution in [1.29, 1.82) is 0 Å². The number of aromatic nitrogens is 3. The van der Waals surface area contributed by atoms with E-state index in [1.165, 1.54) is 5.56 Å². The number of carbonyl (C=O) groups is 1. The summed E-state index contributed by atoms with van der Waals surface area (Å²) in [4.78, 5) is 23.9. The number of hydrogen-bond acceptors (Lipinski definition) is 5. The highest BCUT2D eigenvalue weighted by Crippen LogP contribution is 2.12. The number of nitrogens with one attached hydrogen (secondary N) is 2. The fraction of sp³-hybridized carbons (Fsp3) is 0.158. The molecule has 0 aliphatic carbocycles. The van der Waals surface area contributed by atoms with Crippen LogP contribution < -0.4 is 10.6 Å². The molecule has 0 atom stereocenters. The number of amides is 1. The molecular weight excluding hydrogens is 385 g/mol. The first kappa shape index (κ1) is 19.1. The second-order valence-electron chi connectivity index (χ2n) is 5.74. The van der Waals surface area contributed by atoms with Gasteiger partial charge in [0, 0.05) is 18.7 Å². The largest absolute Gasteiger partial charge is 0.352 e. The molecule has 0 spiro atoms. The second-order valence-corrected chi connectivity index (χ2v) is 6.42. The van der Waals surface area contributed by atoms with Crippen molar-refractivity contribution in [2.45, 2.75) is 13.0 Å². The molecule has 1 amide bonds. The lowest BCUT2D eigenvalue weighted by Gasteiger charge is -2.08. The molecule has 1 aromatic heterocycles. The normalized spacial score (nSPS) is 10.4. The van der Waals surface area contributed by atoms with Gasteiger partial charge in [-0.2, -0.15) is 15.0 Å². The minimum Gasteiger partial charge on any atom is -0.352 e. The van der Waals surface area contributed by atoms with Crippen molar-refractivity contribution in [3.63, 3.8) is 0 Å². The Bertz CT molecular complexity index is 901. The number of anilines is 1. The van der Waals surface area contributed by atoms with Gasteiger partial charge >= 0.3 is 0 Å². The van der Waals surface area contributed by atoms with Crippen LogP contribution in [0, 0.1) is 0 Å². The molecule has 2 aromatic carbocycles. The zero-order valence-corrected chi connectivity index (χ0v) is 15.8. The molecule has 3 aromatic rings. The minimum absolute atomic E-state index is 0.0176. The third-order valence-corrected chi connectivity index (χ3v) is 4.10. The summed E-state index contributed by atoms with van der Waals surface area (Å²) in [6.07, 6.45) is 0.786. The summed E-state index contributed by atoms with van der Waals surface area (Å²) in [7, 11) is 0. The first-order valence-corrected chi connectivity index (χ1v) is 9.08. The maximum atomic E-state index is 12.4. The number of nitrogens with zero attached hydrogens (tertiary/aromatic N) is 3. The quantitative estimate of drug-likeness (QED) is 0.629. The Hall–Kier alpha value is -2.70. The molecule has 0 saturated carbocycles. The smallest absolute Gasteiger partial charge is 0.251 e. The molecular formula is C19H17Cl2N5O. The molecule has 0 aliphatic rings. The number of carbonyl (C=O) groups excluding carboxylic acids is 1.